The van der Waals surface area contributed by atoms with E-state index in [4.69, 9.17) is 0 Å². The summed E-state index contributed by atoms with van der Waals surface area (Å²) in [5.74, 6) is 0.220. The van der Waals surface area contributed by atoms with Crippen molar-refractivity contribution in [1.82, 2.24) is 30.2 Å². The summed E-state index contributed by atoms with van der Waals surface area (Å²) in [6.45, 7) is 28.9. The smallest absolute Gasteiger partial charge is 0.253 e. The number of nitrogens with one attached hydrogen (secondary N) is 3. The van der Waals surface area contributed by atoms with Gasteiger partial charge in [0.05, 0.1) is 12.1 Å². The van der Waals surface area contributed by atoms with Crippen molar-refractivity contribution in [2.45, 2.75) is 79.8 Å². The van der Waals surface area contributed by atoms with Gasteiger partial charge in [-0.25, -0.2) is 0 Å². The highest BCUT2D eigenvalue weighted by Gasteiger charge is 2.27. The number of piperazine rings is 2. The lowest BCUT2D eigenvalue weighted by molar-refractivity contribution is 0.0765. The van der Waals surface area contributed by atoms with Gasteiger partial charge in [-0.3, -0.25) is 19.4 Å². The lowest BCUT2D eigenvalue weighted by Crippen LogP contribution is -2.45. The van der Waals surface area contributed by atoms with Crippen LogP contribution in [-0.4, -0.2) is 130 Å². The molecule has 0 radical (unpaired) electrons. The lowest BCUT2D eigenvalue weighted by atomic mass is 9.94. The van der Waals surface area contributed by atoms with Crippen LogP contribution in [0.5, 0.6) is 0 Å². The van der Waals surface area contributed by atoms with E-state index in [2.05, 4.69) is 124 Å². The molecule has 0 saturated carbocycles. The van der Waals surface area contributed by atoms with Crippen molar-refractivity contribution in [2.75, 3.05) is 108 Å². The van der Waals surface area contributed by atoms with Gasteiger partial charge in [-0.15, -0.1) is 0 Å². The van der Waals surface area contributed by atoms with Gasteiger partial charge >= 0.3 is 0 Å². The Kier molecular flexibility index (Phi) is 20.4. The molecule has 0 unspecified atom stereocenters. The Bertz CT molecular complexity index is 1930. The maximum atomic E-state index is 12.8. The largest absolute Gasteiger partial charge is 0.385 e. The molecule has 6 rings (SSSR count). The van der Waals surface area contributed by atoms with Crippen LogP contribution in [-0.2, 0) is 0 Å². The van der Waals surface area contributed by atoms with E-state index in [9.17, 15) is 9.59 Å². The minimum absolute atomic E-state index is 0.107. The number of hydrogen-bond acceptors (Lipinski definition) is 8. The molecule has 342 valence electrons. The summed E-state index contributed by atoms with van der Waals surface area (Å²) in [4.78, 5) is 36.9. The van der Waals surface area contributed by atoms with Crippen LogP contribution in [0.15, 0.2) is 97.1 Å². The third-order valence-electron chi connectivity index (χ3n) is 12.4. The topological polar surface area (TPSA) is 86.4 Å². The zero-order valence-corrected chi connectivity index (χ0v) is 39.7. The SMILES string of the molecule is CCCN(CCC)c1cccc([C@H](c2ccc(C(=O)N(CC)CC)cc2)N2CCNCC2)c1.CCCNc1cccc([C@H](c2ccc(C(=O)N(CC)CC)cc2)N2CCNCC2)c1. The standard InChI is InChI=1S/C28H42N4O.C25H36N4O/c1-5-18-31(19-6-2)26-11-9-10-25(22-26)27(32-20-16-29-17-21-32)23-12-14-24(15-13-23)28(33)30(7-3)8-4;1-4-14-27-23-9-7-8-22(19-23)24(29-17-15-26-16-18-29)20-10-12-21(13-11-20)25(30)28(5-2)6-3/h9-15,22,27,29H,5-8,16-21H2,1-4H3;7-13,19,24,26-27H,4-6,14-18H2,1-3H3/t27-;24-/m00/s1. The number of hydrogen-bond donors (Lipinski definition) is 3. The van der Waals surface area contributed by atoms with Gasteiger partial charge in [0.25, 0.3) is 11.8 Å². The quantitative estimate of drug-likeness (QED) is 0.0814. The van der Waals surface area contributed by atoms with E-state index in [-0.39, 0.29) is 23.9 Å². The Labute approximate surface area is 380 Å². The van der Waals surface area contributed by atoms with Crippen molar-refractivity contribution >= 4 is 23.2 Å². The molecule has 0 aromatic heterocycles. The number of carbonyl (C=O) groups excluding carboxylic acids is 2. The van der Waals surface area contributed by atoms with Crippen LogP contribution in [0.3, 0.4) is 0 Å². The Balaban J connectivity index is 0.000000239. The molecule has 2 fully saturated rings. The number of benzene rings is 4. The van der Waals surface area contributed by atoms with E-state index in [0.29, 0.717) is 0 Å². The number of rotatable bonds is 20. The zero-order valence-electron chi connectivity index (χ0n) is 39.7. The van der Waals surface area contributed by atoms with E-state index in [0.717, 1.165) is 129 Å². The minimum Gasteiger partial charge on any atom is -0.385 e. The second-order valence-electron chi connectivity index (χ2n) is 16.7. The van der Waals surface area contributed by atoms with Crippen LogP contribution in [0.1, 0.15) is 123 Å². The fraction of sp³-hybridized carbons (Fsp3) is 0.509. The molecule has 2 atom stereocenters. The molecule has 63 heavy (non-hydrogen) atoms. The number of carbonyl (C=O) groups is 2. The molecule has 0 aliphatic carbocycles. The van der Waals surface area contributed by atoms with Gasteiger partial charge in [0.15, 0.2) is 0 Å². The van der Waals surface area contributed by atoms with Gasteiger partial charge < -0.3 is 30.7 Å². The number of nitrogens with zero attached hydrogens (tertiary/aromatic N) is 5. The van der Waals surface area contributed by atoms with E-state index >= 15 is 0 Å². The van der Waals surface area contributed by atoms with Gasteiger partial charge in [0, 0.05) is 121 Å². The van der Waals surface area contributed by atoms with Crippen LogP contribution >= 0.6 is 0 Å². The van der Waals surface area contributed by atoms with Crippen molar-refractivity contribution in [3.8, 4) is 0 Å². The fourth-order valence-electron chi connectivity index (χ4n) is 9.00. The van der Waals surface area contributed by atoms with Gasteiger partial charge in [-0.2, -0.15) is 0 Å². The molecule has 2 amide bonds. The predicted molar refractivity (Wildman–Crippen MR) is 264 cm³/mol. The first-order chi connectivity index (χ1) is 30.8. The number of anilines is 2. The molecular formula is C53H78N8O2. The van der Waals surface area contributed by atoms with Crippen molar-refractivity contribution in [1.29, 1.82) is 0 Å². The van der Waals surface area contributed by atoms with Crippen LogP contribution in [0, 0.1) is 0 Å². The Morgan fingerprint density at radius 1 is 0.540 bits per heavy atom. The average Bonchev–Trinajstić information content (AvgIpc) is 3.33. The minimum atomic E-state index is 0.107. The van der Waals surface area contributed by atoms with Crippen LogP contribution < -0.4 is 20.9 Å². The second kappa shape index (κ2) is 26.1. The molecule has 2 aliphatic heterocycles. The Morgan fingerprint density at radius 2 is 0.968 bits per heavy atom. The van der Waals surface area contributed by atoms with E-state index in [1.54, 1.807) is 0 Å². The first kappa shape index (κ1) is 49.3. The molecule has 2 heterocycles. The number of amides is 2. The van der Waals surface area contributed by atoms with Crippen molar-refractivity contribution < 1.29 is 9.59 Å². The van der Waals surface area contributed by atoms with Gasteiger partial charge in [0.1, 0.15) is 0 Å². The fourth-order valence-corrected chi connectivity index (χ4v) is 9.00. The van der Waals surface area contributed by atoms with Crippen LogP contribution in [0.2, 0.25) is 0 Å². The molecule has 4 aromatic rings. The van der Waals surface area contributed by atoms with Gasteiger partial charge in [-0.05, 0) is 118 Å². The Morgan fingerprint density at radius 3 is 1.38 bits per heavy atom. The molecular weight excluding hydrogens is 781 g/mol. The van der Waals surface area contributed by atoms with Crippen molar-refractivity contribution in [2.24, 2.45) is 0 Å². The van der Waals surface area contributed by atoms with E-state index in [1.807, 2.05) is 61.8 Å². The van der Waals surface area contributed by atoms with Gasteiger partial charge in [-0.1, -0.05) is 69.3 Å². The van der Waals surface area contributed by atoms with Crippen LogP contribution in [0.4, 0.5) is 11.4 Å². The van der Waals surface area contributed by atoms with E-state index < -0.39 is 0 Å². The molecule has 0 spiro atoms. The molecule has 3 N–H and O–H groups in total. The van der Waals surface area contributed by atoms with E-state index in [1.165, 1.54) is 33.6 Å². The molecule has 10 nitrogen and oxygen atoms in total. The third-order valence-corrected chi connectivity index (χ3v) is 12.4. The summed E-state index contributed by atoms with van der Waals surface area (Å²) in [6.07, 6.45) is 3.40. The molecule has 10 heteroatoms. The first-order valence-electron chi connectivity index (χ1n) is 24.2. The van der Waals surface area contributed by atoms with Crippen molar-refractivity contribution in [3.05, 3.63) is 130 Å². The second-order valence-corrected chi connectivity index (χ2v) is 16.7. The third kappa shape index (κ3) is 13.6. The highest BCUT2D eigenvalue weighted by atomic mass is 16.2. The average molecular weight is 859 g/mol. The molecule has 4 aromatic carbocycles. The predicted octanol–water partition coefficient (Wildman–Crippen LogP) is 8.77. The summed E-state index contributed by atoms with van der Waals surface area (Å²) in [7, 11) is 0. The molecule has 2 aliphatic rings. The first-order valence-corrected chi connectivity index (χ1v) is 24.2. The van der Waals surface area contributed by atoms with Gasteiger partial charge in [0.2, 0.25) is 0 Å². The summed E-state index contributed by atoms with van der Waals surface area (Å²) < 4.78 is 0. The summed E-state index contributed by atoms with van der Waals surface area (Å²) in [5, 5.41) is 10.5. The molecule has 2 saturated heterocycles. The molecule has 0 bridgehead atoms. The summed E-state index contributed by atoms with van der Waals surface area (Å²) in [5.41, 5.74) is 9.12. The normalized spacial score (nSPS) is 15.4. The summed E-state index contributed by atoms with van der Waals surface area (Å²) in [6, 6.07) is 34.8. The zero-order chi connectivity index (χ0) is 45.0. The summed E-state index contributed by atoms with van der Waals surface area (Å²) >= 11 is 0. The maximum absolute atomic E-state index is 12.8. The highest BCUT2D eigenvalue weighted by molar-refractivity contribution is 5.94. The van der Waals surface area contributed by atoms with Crippen molar-refractivity contribution in [3.63, 3.8) is 0 Å². The highest BCUT2D eigenvalue weighted by Crippen LogP contribution is 2.33. The Hall–Kier alpha value is -4.74. The monoisotopic (exact) mass is 859 g/mol. The maximum Gasteiger partial charge on any atom is 0.253 e. The lowest BCUT2D eigenvalue weighted by Gasteiger charge is -2.36. The van der Waals surface area contributed by atoms with Crippen LogP contribution in [0.25, 0.3) is 0 Å².